The Balaban J connectivity index is 2.69. The van der Waals surface area contributed by atoms with Crippen molar-refractivity contribution in [1.82, 2.24) is 10.6 Å². The molecule has 22 heavy (non-hydrogen) atoms. The number of thiophene rings is 1. The Morgan fingerprint density at radius 2 is 2.09 bits per heavy atom. The predicted molar refractivity (Wildman–Crippen MR) is 84.5 cm³/mol. The molecule has 3 N–H and O–H groups in total. The third-order valence-electron chi connectivity index (χ3n) is 2.89. The maximum Gasteiger partial charge on any atom is 0.326 e. The van der Waals surface area contributed by atoms with E-state index in [-0.39, 0.29) is 18.7 Å². The molecular formula is C15H20N2O4S. The van der Waals surface area contributed by atoms with Crippen LogP contribution in [0.2, 0.25) is 0 Å². The highest BCUT2D eigenvalue weighted by Gasteiger charge is 2.22. The molecule has 1 aromatic heterocycles. The van der Waals surface area contributed by atoms with E-state index in [1.54, 1.807) is 19.1 Å². The van der Waals surface area contributed by atoms with Crippen molar-refractivity contribution in [2.75, 3.05) is 0 Å². The molecule has 0 aromatic carbocycles. The molecule has 2 amide bonds. The van der Waals surface area contributed by atoms with Gasteiger partial charge in [0.15, 0.2) is 0 Å². The van der Waals surface area contributed by atoms with Gasteiger partial charge in [0.2, 0.25) is 11.8 Å². The van der Waals surface area contributed by atoms with E-state index in [1.807, 2.05) is 17.5 Å². The Kier molecular flexibility index (Phi) is 7.31. The number of allylic oxidation sites excluding steroid dienone is 1. The molecule has 7 heteroatoms. The summed E-state index contributed by atoms with van der Waals surface area (Å²) in [6.07, 6.45) is 3.64. The minimum Gasteiger partial charge on any atom is -0.480 e. The van der Waals surface area contributed by atoms with Gasteiger partial charge in [-0.25, -0.2) is 4.79 Å². The van der Waals surface area contributed by atoms with Crippen LogP contribution in [0.3, 0.4) is 0 Å². The van der Waals surface area contributed by atoms with Crippen LogP contribution < -0.4 is 10.6 Å². The summed E-state index contributed by atoms with van der Waals surface area (Å²) in [4.78, 5) is 35.3. The Morgan fingerprint density at radius 3 is 2.59 bits per heavy atom. The number of carbonyl (C=O) groups is 3. The second-order valence-electron chi connectivity index (χ2n) is 4.74. The lowest BCUT2D eigenvalue weighted by Crippen LogP contribution is -2.42. The van der Waals surface area contributed by atoms with Crippen LogP contribution in [0.25, 0.3) is 0 Å². The average Bonchev–Trinajstić information content (AvgIpc) is 2.96. The second kappa shape index (κ2) is 8.99. The fourth-order valence-electron chi connectivity index (χ4n) is 1.89. The molecule has 0 saturated carbocycles. The zero-order valence-corrected chi connectivity index (χ0v) is 13.4. The molecule has 0 bridgehead atoms. The standard InChI is InChI=1S/C15H20N2O4S/c1-3-4-6-11(15(20)21)17-14(19)9-12(16-10(2)18)13-7-5-8-22-13/h3-5,7-8,11-12H,6,9H2,1-2H3,(H,16,18)(H,17,19)(H,20,21)/b4-3+. The lowest BCUT2D eigenvalue weighted by atomic mass is 10.1. The summed E-state index contributed by atoms with van der Waals surface area (Å²) in [6.45, 7) is 3.16. The van der Waals surface area contributed by atoms with Crippen molar-refractivity contribution in [1.29, 1.82) is 0 Å². The molecule has 6 nitrogen and oxygen atoms in total. The zero-order valence-electron chi connectivity index (χ0n) is 12.5. The summed E-state index contributed by atoms with van der Waals surface area (Å²) in [5.41, 5.74) is 0. The molecule has 0 aliphatic carbocycles. The van der Waals surface area contributed by atoms with Gasteiger partial charge in [-0.05, 0) is 24.8 Å². The highest BCUT2D eigenvalue weighted by atomic mass is 32.1. The van der Waals surface area contributed by atoms with E-state index in [0.717, 1.165) is 4.88 Å². The molecule has 0 spiro atoms. The molecule has 2 unspecified atom stereocenters. The summed E-state index contributed by atoms with van der Waals surface area (Å²) in [5, 5.41) is 16.1. The quantitative estimate of drug-likeness (QED) is 0.636. The van der Waals surface area contributed by atoms with E-state index >= 15 is 0 Å². The number of carboxylic acids is 1. The highest BCUT2D eigenvalue weighted by molar-refractivity contribution is 7.10. The summed E-state index contributed by atoms with van der Waals surface area (Å²) in [5.74, 6) is -1.74. The van der Waals surface area contributed by atoms with Gasteiger partial charge in [-0.15, -0.1) is 11.3 Å². The Bertz CT molecular complexity index is 540. The summed E-state index contributed by atoms with van der Waals surface area (Å²) < 4.78 is 0. The number of hydrogen-bond donors (Lipinski definition) is 3. The lowest BCUT2D eigenvalue weighted by Gasteiger charge is -2.18. The van der Waals surface area contributed by atoms with Gasteiger partial charge < -0.3 is 15.7 Å². The van der Waals surface area contributed by atoms with Crippen molar-refractivity contribution in [2.45, 2.75) is 38.8 Å². The van der Waals surface area contributed by atoms with Gasteiger partial charge in [-0.1, -0.05) is 18.2 Å². The molecule has 1 heterocycles. The molecular weight excluding hydrogens is 304 g/mol. The number of hydrogen-bond acceptors (Lipinski definition) is 4. The molecule has 120 valence electrons. The first-order chi connectivity index (χ1) is 10.4. The summed E-state index contributed by atoms with van der Waals surface area (Å²) >= 11 is 1.43. The minimum atomic E-state index is -1.08. The Hall–Kier alpha value is -2.15. The predicted octanol–water partition coefficient (Wildman–Crippen LogP) is 1.85. The third-order valence-corrected chi connectivity index (χ3v) is 3.88. The van der Waals surface area contributed by atoms with Crippen LogP contribution in [0.5, 0.6) is 0 Å². The first kappa shape index (κ1) is 17.9. The molecule has 0 fully saturated rings. The van der Waals surface area contributed by atoms with Crippen LogP contribution in [-0.2, 0) is 14.4 Å². The van der Waals surface area contributed by atoms with Crippen LogP contribution >= 0.6 is 11.3 Å². The minimum absolute atomic E-state index is 0.000285. The van der Waals surface area contributed by atoms with Crippen molar-refractivity contribution >= 4 is 29.1 Å². The van der Waals surface area contributed by atoms with Crippen LogP contribution in [0.4, 0.5) is 0 Å². The number of carbonyl (C=O) groups excluding carboxylic acids is 2. The van der Waals surface area contributed by atoms with E-state index in [2.05, 4.69) is 10.6 Å². The van der Waals surface area contributed by atoms with Crippen LogP contribution in [-0.4, -0.2) is 28.9 Å². The normalized spacial score (nSPS) is 13.5. The second-order valence-corrected chi connectivity index (χ2v) is 5.72. The third kappa shape index (κ3) is 6.09. The molecule has 0 radical (unpaired) electrons. The largest absolute Gasteiger partial charge is 0.480 e. The fourth-order valence-corrected chi connectivity index (χ4v) is 2.67. The van der Waals surface area contributed by atoms with Gasteiger partial charge in [0.25, 0.3) is 0 Å². The SMILES string of the molecule is C/C=C/CC(NC(=O)CC(NC(C)=O)c1cccs1)C(=O)O. The van der Waals surface area contributed by atoms with Crippen molar-refractivity contribution in [2.24, 2.45) is 0 Å². The molecule has 1 aromatic rings. The van der Waals surface area contributed by atoms with Gasteiger partial charge in [-0.3, -0.25) is 9.59 Å². The first-order valence-corrected chi connectivity index (χ1v) is 7.75. The molecule has 1 rings (SSSR count). The molecule has 2 atom stereocenters. The van der Waals surface area contributed by atoms with E-state index in [4.69, 9.17) is 5.11 Å². The summed E-state index contributed by atoms with van der Waals surface area (Å²) in [7, 11) is 0. The Labute approximate surface area is 133 Å². The van der Waals surface area contributed by atoms with E-state index in [0.29, 0.717) is 0 Å². The number of aliphatic carboxylic acids is 1. The molecule has 0 saturated heterocycles. The van der Waals surface area contributed by atoms with E-state index in [9.17, 15) is 14.4 Å². The summed E-state index contributed by atoms with van der Waals surface area (Å²) in [6, 6.07) is 2.24. The van der Waals surface area contributed by atoms with Gasteiger partial charge >= 0.3 is 5.97 Å². The van der Waals surface area contributed by atoms with Crippen molar-refractivity contribution in [3.8, 4) is 0 Å². The van der Waals surface area contributed by atoms with E-state index < -0.39 is 24.0 Å². The number of nitrogens with one attached hydrogen (secondary N) is 2. The molecule has 0 aliphatic rings. The van der Waals surface area contributed by atoms with Gasteiger partial charge in [-0.2, -0.15) is 0 Å². The maximum absolute atomic E-state index is 12.1. The Morgan fingerprint density at radius 1 is 1.36 bits per heavy atom. The smallest absolute Gasteiger partial charge is 0.326 e. The molecule has 0 aliphatic heterocycles. The van der Waals surface area contributed by atoms with Gasteiger partial charge in [0.05, 0.1) is 12.5 Å². The number of carboxylic acid groups (broad SMARTS) is 1. The first-order valence-electron chi connectivity index (χ1n) is 6.87. The zero-order chi connectivity index (χ0) is 16.5. The topological polar surface area (TPSA) is 95.5 Å². The van der Waals surface area contributed by atoms with Crippen molar-refractivity contribution in [3.05, 3.63) is 34.5 Å². The van der Waals surface area contributed by atoms with E-state index in [1.165, 1.54) is 18.3 Å². The highest BCUT2D eigenvalue weighted by Crippen LogP contribution is 2.22. The number of rotatable bonds is 8. The average molecular weight is 324 g/mol. The lowest BCUT2D eigenvalue weighted by molar-refractivity contribution is -0.141. The van der Waals surface area contributed by atoms with Gasteiger partial charge in [0, 0.05) is 11.8 Å². The maximum atomic E-state index is 12.1. The van der Waals surface area contributed by atoms with Crippen LogP contribution in [0, 0.1) is 0 Å². The fraction of sp³-hybridized carbons (Fsp3) is 0.400. The number of amides is 2. The van der Waals surface area contributed by atoms with Gasteiger partial charge in [0.1, 0.15) is 6.04 Å². The van der Waals surface area contributed by atoms with Crippen LogP contribution in [0.15, 0.2) is 29.7 Å². The van der Waals surface area contributed by atoms with Crippen LogP contribution in [0.1, 0.15) is 37.6 Å². The van der Waals surface area contributed by atoms with Crippen molar-refractivity contribution < 1.29 is 19.5 Å². The monoisotopic (exact) mass is 324 g/mol. The van der Waals surface area contributed by atoms with Crippen molar-refractivity contribution in [3.63, 3.8) is 0 Å².